The van der Waals surface area contributed by atoms with Gasteiger partial charge in [-0.25, -0.2) is 0 Å². The minimum absolute atomic E-state index is 0.161. The number of nitrogens with one attached hydrogen (secondary N) is 1. The van der Waals surface area contributed by atoms with Gasteiger partial charge in [-0.1, -0.05) is 36.7 Å². The predicted octanol–water partition coefficient (Wildman–Crippen LogP) is 2.81. The van der Waals surface area contributed by atoms with E-state index in [0.29, 0.717) is 6.42 Å². The van der Waals surface area contributed by atoms with E-state index in [-0.39, 0.29) is 18.1 Å². The average molecular weight is 270 g/mol. The highest BCUT2D eigenvalue weighted by molar-refractivity contribution is 6.31. The minimum Gasteiger partial charge on any atom is -0.468 e. The zero-order chi connectivity index (χ0) is 13.5. The van der Waals surface area contributed by atoms with Gasteiger partial charge in [0.05, 0.1) is 7.11 Å². The normalized spacial score (nSPS) is 14.0. The van der Waals surface area contributed by atoms with Gasteiger partial charge in [-0.15, -0.1) is 0 Å². The second kappa shape index (κ2) is 7.39. The molecule has 3 nitrogen and oxygen atoms in total. The molecular weight excluding hydrogens is 250 g/mol. The van der Waals surface area contributed by atoms with Crippen LogP contribution >= 0.6 is 11.6 Å². The zero-order valence-electron chi connectivity index (χ0n) is 11.1. The molecule has 2 unspecified atom stereocenters. The highest BCUT2D eigenvalue weighted by atomic mass is 35.5. The number of methoxy groups -OCH3 is 1. The molecule has 0 aliphatic carbocycles. The van der Waals surface area contributed by atoms with Gasteiger partial charge in [0.15, 0.2) is 0 Å². The number of carbonyl (C=O) groups is 1. The lowest BCUT2D eigenvalue weighted by molar-refractivity contribution is -0.143. The smallest absolute Gasteiger partial charge is 0.322 e. The maximum atomic E-state index is 11.5. The zero-order valence-corrected chi connectivity index (χ0v) is 11.8. The molecule has 0 saturated heterocycles. The summed E-state index contributed by atoms with van der Waals surface area (Å²) in [5.74, 6) is -0.219. The van der Waals surface area contributed by atoms with E-state index in [1.54, 1.807) is 0 Å². The maximum absolute atomic E-state index is 11.5. The van der Waals surface area contributed by atoms with Crippen LogP contribution in [0.25, 0.3) is 0 Å². The second-order valence-electron chi connectivity index (χ2n) is 4.35. The summed E-state index contributed by atoms with van der Waals surface area (Å²) in [6, 6.07) is 7.65. The molecule has 1 aromatic rings. The van der Waals surface area contributed by atoms with Gasteiger partial charge in [0, 0.05) is 11.1 Å². The SMILES string of the molecule is CCC(NC(C)Cc1ccccc1Cl)C(=O)OC. The van der Waals surface area contributed by atoms with Gasteiger partial charge in [-0.3, -0.25) is 4.79 Å². The Balaban J connectivity index is 2.58. The van der Waals surface area contributed by atoms with Crippen molar-refractivity contribution in [2.24, 2.45) is 0 Å². The highest BCUT2D eigenvalue weighted by Crippen LogP contribution is 2.16. The number of rotatable bonds is 6. The van der Waals surface area contributed by atoms with Crippen molar-refractivity contribution >= 4 is 17.6 Å². The molecule has 2 atom stereocenters. The van der Waals surface area contributed by atoms with Gasteiger partial charge in [0.25, 0.3) is 0 Å². The Bertz CT molecular complexity index is 395. The molecule has 0 heterocycles. The van der Waals surface area contributed by atoms with E-state index in [9.17, 15) is 4.79 Å². The van der Waals surface area contributed by atoms with Gasteiger partial charge < -0.3 is 10.1 Å². The first-order valence-corrected chi connectivity index (χ1v) is 6.53. The summed E-state index contributed by atoms with van der Waals surface area (Å²) in [4.78, 5) is 11.5. The molecule has 0 aliphatic heterocycles. The van der Waals surface area contributed by atoms with Gasteiger partial charge >= 0.3 is 5.97 Å². The van der Waals surface area contributed by atoms with Gasteiger partial charge in [0.1, 0.15) is 6.04 Å². The lowest BCUT2D eigenvalue weighted by Gasteiger charge is -2.20. The summed E-state index contributed by atoms with van der Waals surface area (Å²) < 4.78 is 4.75. The molecule has 0 radical (unpaired) electrons. The predicted molar refractivity (Wildman–Crippen MR) is 73.8 cm³/mol. The van der Waals surface area contributed by atoms with E-state index in [1.807, 2.05) is 38.1 Å². The highest BCUT2D eigenvalue weighted by Gasteiger charge is 2.19. The van der Waals surface area contributed by atoms with E-state index in [0.717, 1.165) is 17.0 Å². The van der Waals surface area contributed by atoms with E-state index >= 15 is 0 Å². The molecule has 1 rings (SSSR count). The molecule has 0 saturated carbocycles. The lowest BCUT2D eigenvalue weighted by atomic mass is 10.1. The summed E-state index contributed by atoms with van der Waals surface area (Å²) in [7, 11) is 1.41. The van der Waals surface area contributed by atoms with Gasteiger partial charge in [0.2, 0.25) is 0 Å². The average Bonchev–Trinajstić information content (AvgIpc) is 2.37. The summed E-state index contributed by atoms with van der Waals surface area (Å²) in [5, 5.41) is 4.02. The molecule has 4 heteroatoms. The topological polar surface area (TPSA) is 38.3 Å². The first-order valence-electron chi connectivity index (χ1n) is 6.15. The van der Waals surface area contributed by atoms with E-state index < -0.39 is 0 Å². The van der Waals surface area contributed by atoms with Crippen molar-refractivity contribution < 1.29 is 9.53 Å². The standard InChI is InChI=1S/C14H20ClNO2/c1-4-13(14(17)18-3)16-10(2)9-11-7-5-6-8-12(11)15/h5-8,10,13,16H,4,9H2,1-3H3. The minimum atomic E-state index is -0.257. The van der Waals surface area contributed by atoms with Gasteiger partial charge in [-0.2, -0.15) is 0 Å². The molecule has 0 aliphatic rings. The summed E-state index contributed by atoms with van der Waals surface area (Å²) in [6.45, 7) is 3.99. The number of hydrogen-bond donors (Lipinski definition) is 1. The Morgan fingerprint density at radius 1 is 1.44 bits per heavy atom. The number of ether oxygens (including phenoxy) is 1. The van der Waals surface area contributed by atoms with Gasteiger partial charge in [-0.05, 0) is 31.4 Å². The van der Waals surface area contributed by atoms with Crippen molar-refractivity contribution in [2.75, 3.05) is 7.11 Å². The fraction of sp³-hybridized carbons (Fsp3) is 0.500. The van der Waals surface area contributed by atoms with Crippen molar-refractivity contribution in [2.45, 2.75) is 38.8 Å². The van der Waals surface area contributed by atoms with E-state index in [4.69, 9.17) is 16.3 Å². The molecule has 0 spiro atoms. The third-order valence-corrected chi connectivity index (χ3v) is 3.23. The second-order valence-corrected chi connectivity index (χ2v) is 4.75. The molecule has 0 amide bonds. The van der Waals surface area contributed by atoms with E-state index in [1.165, 1.54) is 7.11 Å². The van der Waals surface area contributed by atoms with Crippen LogP contribution < -0.4 is 5.32 Å². The molecule has 0 fully saturated rings. The quantitative estimate of drug-likeness (QED) is 0.807. The molecule has 0 bridgehead atoms. The number of carbonyl (C=O) groups excluding carboxylic acids is 1. The molecule has 1 N–H and O–H groups in total. The van der Waals surface area contributed by atoms with Crippen LogP contribution in [-0.4, -0.2) is 25.2 Å². The molecular formula is C14H20ClNO2. The van der Waals surface area contributed by atoms with Crippen molar-refractivity contribution in [3.8, 4) is 0 Å². The fourth-order valence-electron chi connectivity index (χ4n) is 1.89. The Morgan fingerprint density at radius 2 is 2.11 bits per heavy atom. The van der Waals surface area contributed by atoms with Crippen molar-refractivity contribution in [3.05, 3.63) is 34.9 Å². The van der Waals surface area contributed by atoms with Crippen LogP contribution in [0.1, 0.15) is 25.8 Å². The van der Waals surface area contributed by atoms with Crippen LogP contribution in [0, 0.1) is 0 Å². The maximum Gasteiger partial charge on any atom is 0.322 e. The number of esters is 1. The van der Waals surface area contributed by atoms with Crippen molar-refractivity contribution in [1.29, 1.82) is 0 Å². The molecule has 100 valence electrons. The van der Waals surface area contributed by atoms with E-state index in [2.05, 4.69) is 5.32 Å². The number of benzene rings is 1. The lowest BCUT2D eigenvalue weighted by Crippen LogP contribution is -2.43. The number of hydrogen-bond acceptors (Lipinski definition) is 3. The van der Waals surface area contributed by atoms with Crippen LogP contribution in [0.15, 0.2) is 24.3 Å². The van der Waals surface area contributed by atoms with Crippen LogP contribution in [0.2, 0.25) is 5.02 Å². The summed E-state index contributed by atoms with van der Waals surface area (Å²) >= 11 is 6.11. The summed E-state index contributed by atoms with van der Waals surface area (Å²) in [6.07, 6.45) is 1.49. The molecule has 0 aromatic heterocycles. The van der Waals surface area contributed by atoms with Crippen LogP contribution in [0.5, 0.6) is 0 Å². The Kier molecular flexibility index (Phi) is 6.16. The van der Waals surface area contributed by atoms with Crippen molar-refractivity contribution in [3.63, 3.8) is 0 Å². The van der Waals surface area contributed by atoms with Crippen LogP contribution in [0.3, 0.4) is 0 Å². The van der Waals surface area contributed by atoms with Crippen molar-refractivity contribution in [1.82, 2.24) is 5.32 Å². The molecule has 1 aromatic carbocycles. The number of halogens is 1. The Morgan fingerprint density at radius 3 is 2.67 bits per heavy atom. The largest absolute Gasteiger partial charge is 0.468 e. The molecule has 18 heavy (non-hydrogen) atoms. The third kappa shape index (κ3) is 4.31. The van der Waals surface area contributed by atoms with Crippen LogP contribution in [-0.2, 0) is 16.0 Å². The first kappa shape index (κ1) is 15.0. The Hall–Kier alpha value is -1.06. The first-order chi connectivity index (χ1) is 8.58. The third-order valence-electron chi connectivity index (χ3n) is 2.86. The monoisotopic (exact) mass is 269 g/mol. The van der Waals surface area contributed by atoms with Crippen LogP contribution in [0.4, 0.5) is 0 Å². The fourth-order valence-corrected chi connectivity index (χ4v) is 2.10. The summed E-state index contributed by atoms with van der Waals surface area (Å²) in [5.41, 5.74) is 1.08. The Labute approximate surface area is 113 Å².